The molecular weight excluding hydrogens is 402 g/mol. The molecule has 0 aliphatic carbocycles. The molecule has 31 heavy (non-hydrogen) atoms. The molecule has 0 saturated heterocycles. The largest absolute Gasteiger partial charge is 0.208 e. The molecule has 3 nitrogen and oxygen atoms in total. The highest BCUT2D eigenvalue weighted by molar-refractivity contribution is 6.30. The van der Waals surface area contributed by atoms with Crippen molar-refractivity contribution in [2.24, 2.45) is 0 Å². The van der Waals surface area contributed by atoms with Crippen molar-refractivity contribution in [3.05, 3.63) is 114 Å². The molecule has 1 aromatic heterocycles. The normalized spacial score (nSPS) is 10.7. The van der Waals surface area contributed by atoms with E-state index in [0.29, 0.717) is 22.5 Å². The van der Waals surface area contributed by atoms with E-state index in [1.54, 1.807) is 0 Å². The van der Waals surface area contributed by atoms with Crippen LogP contribution in [-0.2, 0) is 0 Å². The number of nitrogens with zero attached hydrogens (tertiary/aromatic N) is 3. The first kappa shape index (κ1) is 19.2. The summed E-state index contributed by atoms with van der Waals surface area (Å²) in [6.07, 6.45) is 0. The first-order chi connectivity index (χ1) is 15.3. The van der Waals surface area contributed by atoms with Gasteiger partial charge in [0.2, 0.25) is 0 Å². The van der Waals surface area contributed by atoms with E-state index in [4.69, 9.17) is 26.6 Å². The van der Waals surface area contributed by atoms with Crippen LogP contribution in [0.4, 0.5) is 0 Å². The van der Waals surface area contributed by atoms with Crippen LogP contribution in [-0.4, -0.2) is 15.0 Å². The number of hydrogen-bond donors (Lipinski definition) is 0. The molecule has 4 aromatic carbocycles. The summed E-state index contributed by atoms with van der Waals surface area (Å²) in [5.41, 5.74) is 4.99. The van der Waals surface area contributed by atoms with Gasteiger partial charge in [0.15, 0.2) is 17.5 Å². The average Bonchev–Trinajstić information content (AvgIpc) is 2.85. The predicted molar refractivity (Wildman–Crippen MR) is 127 cm³/mol. The highest BCUT2D eigenvalue weighted by Crippen LogP contribution is 2.32. The monoisotopic (exact) mass is 419 g/mol. The summed E-state index contributed by atoms with van der Waals surface area (Å²) in [5, 5.41) is 0.677. The molecule has 0 spiro atoms. The van der Waals surface area contributed by atoms with Gasteiger partial charge in [-0.1, -0.05) is 96.5 Å². The van der Waals surface area contributed by atoms with Crippen LogP contribution in [0.5, 0.6) is 0 Å². The van der Waals surface area contributed by atoms with E-state index in [-0.39, 0.29) is 0 Å². The van der Waals surface area contributed by atoms with Crippen LogP contribution in [0.15, 0.2) is 109 Å². The van der Waals surface area contributed by atoms with Crippen LogP contribution in [0, 0.1) is 0 Å². The third kappa shape index (κ3) is 4.09. The van der Waals surface area contributed by atoms with Crippen molar-refractivity contribution >= 4 is 11.6 Å². The van der Waals surface area contributed by atoms with Gasteiger partial charge in [-0.2, -0.15) is 0 Å². The van der Waals surface area contributed by atoms with Crippen molar-refractivity contribution in [3.8, 4) is 45.3 Å². The van der Waals surface area contributed by atoms with Crippen molar-refractivity contribution < 1.29 is 0 Å². The molecule has 5 rings (SSSR count). The standard InChI is InChI=1S/C27H18ClN3/c28-22-17-15-21(16-18-22)26-29-25(20-11-5-2-6-12-20)30-27(31-26)24-14-8-7-13-23(24)19-9-3-1-4-10-19/h1-18H. The summed E-state index contributed by atoms with van der Waals surface area (Å²) in [7, 11) is 0. The predicted octanol–water partition coefficient (Wildman–Crippen LogP) is 7.19. The smallest absolute Gasteiger partial charge is 0.164 e. The first-order valence-corrected chi connectivity index (χ1v) is 10.4. The van der Waals surface area contributed by atoms with E-state index in [2.05, 4.69) is 24.3 Å². The average molecular weight is 420 g/mol. The van der Waals surface area contributed by atoms with Crippen molar-refractivity contribution in [2.45, 2.75) is 0 Å². The Labute approximate surface area is 186 Å². The quantitative estimate of drug-likeness (QED) is 0.309. The molecular formula is C27H18ClN3. The highest BCUT2D eigenvalue weighted by atomic mass is 35.5. The molecule has 0 unspecified atom stereocenters. The summed E-state index contributed by atoms with van der Waals surface area (Å²) < 4.78 is 0. The molecule has 0 aliphatic heterocycles. The molecule has 148 valence electrons. The molecule has 0 radical (unpaired) electrons. The third-order valence-electron chi connectivity index (χ3n) is 5.02. The van der Waals surface area contributed by atoms with Gasteiger partial charge in [-0.25, -0.2) is 15.0 Å². The molecule has 0 saturated carbocycles. The lowest BCUT2D eigenvalue weighted by Gasteiger charge is -2.12. The van der Waals surface area contributed by atoms with Crippen LogP contribution in [0.2, 0.25) is 5.02 Å². The van der Waals surface area contributed by atoms with Gasteiger partial charge in [-0.05, 0) is 35.4 Å². The maximum Gasteiger partial charge on any atom is 0.164 e. The lowest BCUT2D eigenvalue weighted by Crippen LogP contribution is -2.01. The topological polar surface area (TPSA) is 38.7 Å². The molecule has 0 fully saturated rings. The SMILES string of the molecule is Clc1ccc(-c2nc(-c3ccccc3)nc(-c3ccccc3-c3ccccc3)n2)cc1. The Morgan fingerprint density at radius 2 is 0.839 bits per heavy atom. The second kappa shape index (κ2) is 8.50. The zero-order valence-electron chi connectivity index (χ0n) is 16.6. The van der Waals surface area contributed by atoms with E-state index >= 15 is 0 Å². The number of aromatic nitrogens is 3. The fourth-order valence-electron chi connectivity index (χ4n) is 3.49. The Kier molecular flexibility index (Phi) is 5.26. The zero-order valence-corrected chi connectivity index (χ0v) is 17.4. The van der Waals surface area contributed by atoms with E-state index in [0.717, 1.165) is 27.8 Å². The van der Waals surface area contributed by atoms with Gasteiger partial charge < -0.3 is 0 Å². The minimum absolute atomic E-state index is 0.614. The Morgan fingerprint density at radius 1 is 0.387 bits per heavy atom. The number of hydrogen-bond acceptors (Lipinski definition) is 3. The second-order valence-corrected chi connectivity index (χ2v) is 7.53. The van der Waals surface area contributed by atoms with Crippen LogP contribution in [0.3, 0.4) is 0 Å². The van der Waals surface area contributed by atoms with Crippen LogP contribution in [0.25, 0.3) is 45.3 Å². The Balaban J connectivity index is 1.73. The first-order valence-electron chi connectivity index (χ1n) is 10.0. The zero-order chi connectivity index (χ0) is 21.0. The van der Waals surface area contributed by atoms with Crippen LogP contribution >= 0.6 is 11.6 Å². The van der Waals surface area contributed by atoms with E-state index in [1.165, 1.54) is 0 Å². The Morgan fingerprint density at radius 3 is 1.45 bits per heavy atom. The summed E-state index contributed by atoms with van der Waals surface area (Å²) >= 11 is 6.09. The molecule has 0 bridgehead atoms. The molecule has 4 heteroatoms. The van der Waals surface area contributed by atoms with E-state index in [9.17, 15) is 0 Å². The van der Waals surface area contributed by atoms with Gasteiger partial charge in [-0.15, -0.1) is 0 Å². The van der Waals surface area contributed by atoms with Gasteiger partial charge in [0.25, 0.3) is 0 Å². The van der Waals surface area contributed by atoms with Crippen molar-refractivity contribution in [3.63, 3.8) is 0 Å². The molecule has 0 amide bonds. The number of benzene rings is 4. The van der Waals surface area contributed by atoms with Crippen molar-refractivity contribution in [1.29, 1.82) is 0 Å². The summed E-state index contributed by atoms with van der Waals surface area (Å²) in [4.78, 5) is 14.5. The maximum atomic E-state index is 6.09. The Bertz CT molecular complexity index is 1320. The van der Waals surface area contributed by atoms with Crippen molar-refractivity contribution in [2.75, 3.05) is 0 Å². The Hall–Kier alpha value is -3.82. The summed E-state index contributed by atoms with van der Waals surface area (Å²) in [6.45, 7) is 0. The minimum atomic E-state index is 0.614. The lowest BCUT2D eigenvalue weighted by atomic mass is 9.99. The van der Waals surface area contributed by atoms with Crippen molar-refractivity contribution in [1.82, 2.24) is 15.0 Å². The van der Waals surface area contributed by atoms with Gasteiger partial charge >= 0.3 is 0 Å². The maximum absolute atomic E-state index is 6.09. The highest BCUT2D eigenvalue weighted by Gasteiger charge is 2.15. The lowest BCUT2D eigenvalue weighted by molar-refractivity contribution is 1.07. The van der Waals surface area contributed by atoms with Gasteiger partial charge in [-0.3, -0.25) is 0 Å². The van der Waals surface area contributed by atoms with E-state index in [1.807, 2.05) is 84.9 Å². The number of rotatable bonds is 4. The third-order valence-corrected chi connectivity index (χ3v) is 5.27. The van der Waals surface area contributed by atoms with Gasteiger partial charge in [0, 0.05) is 21.7 Å². The molecule has 0 atom stereocenters. The molecule has 1 heterocycles. The molecule has 5 aromatic rings. The second-order valence-electron chi connectivity index (χ2n) is 7.09. The van der Waals surface area contributed by atoms with Gasteiger partial charge in [0.1, 0.15) is 0 Å². The van der Waals surface area contributed by atoms with Gasteiger partial charge in [0.05, 0.1) is 0 Å². The molecule has 0 N–H and O–H groups in total. The van der Waals surface area contributed by atoms with E-state index < -0.39 is 0 Å². The number of halogens is 1. The summed E-state index contributed by atoms with van der Waals surface area (Å²) in [6, 6.07) is 36.0. The summed E-state index contributed by atoms with van der Waals surface area (Å²) in [5.74, 6) is 1.89. The minimum Gasteiger partial charge on any atom is -0.208 e. The van der Waals surface area contributed by atoms with Crippen LogP contribution in [0.1, 0.15) is 0 Å². The van der Waals surface area contributed by atoms with Crippen LogP contribution < -0.4 is 0 Å². The fraction of sp³-hybridized carbons (Fsp3) is 0. The fourth-order valence-corrected chi connectivity index (χ4v) is 3.61. The molecule has 0 aliphatic rings.